The van der Waals surface area contributed by atoms with Crippen LogP contribution in [0.2, 0.25) is 0 Å². The minimum atomic E-state index is -1.37. The van der Waals surface area contributed by atoms with E-state index in [0.29, 0.717) is 5.69 Å². The topological polar surface area (TPSA) is 92.2 Å². The molecule has 0 aliphatic carbocycles. The minimum absolute atomic E-state index is 0.194. The van der Waals surface area contributed by atoms with Gasteiger partial charge < -0.3 is 5.11 Å². The minimum Gasteiger partial charge on any atom is -0.477 e. The van der Waals surface area contributed by atoms with E-state index in [1.165, 1.54) is 0 Å². The van der Waals surface area contributed by atoms with Gasteiger partial charge in [0.2, 0.25) is 0 Å². The maximum atomic E-state index is 11.8. The van der Waals surface area contributed by atoms with Crippen molar-refractivity contribution in [2.24, 2.45) is 0 Å². The maximum Gasteiger partial charge on any atom is 0.354 e. The molecule has 6 nitrogen and oxygen atoms in total. The first-order valence-corrected chi connectivity index (χ1v) is 6.06. The number of nitrogens with zero attached hydrogens (tertiary/aromatic N) is 1. The van der Waals surface area contributed by atoms with Gasteiger partial charge in [0, 0.05) is 0 Å². The van der Waals surface area contributed by atoms with E-state index in [1.54, 1.807) is 24.3 Å². The summed E-state index contributed by atoms with van der Waals surface area (Å²) in [5.41, 5.74) is -0.639. The molecule has 7 heteroatoms. The lowest BCUT2D eigenvalue weighted by Crippen LogP contribution is -2.34. The molecule has 2 N–H and O–H groups in total. The van der Waals surface area contributed by atoms with E-state index in [4.69, 9.17) is 5.11 Å². The number of aromatic nitrogens is 2. The third kappa shape index (κ3) is 2.37. The second kappa shape index (κ2) is 4.85. The van der Waals surface area contributed by atoms with Crippen LogP contribution in [0.15, 0.2) is 38.3 Å². The predicted molar refractivity (Wildman–Crippen MR) is 72.1 cm³/mol. The number of aryl methyl sites for hydroxylation is 1. The summed E-state index contributed by atoms with van der Waals surface area (Å²) >= 11 is 2.89. The molecule has 0 aliphatic heterocycles. The summed E-state index contributed by atoms with van der Waals surface area (Å²) in [5.74, 6) is -1.37. The Morgan fingerprint density at radius 3 is 2.37 bits per heavy atom. The Labute approximate surface area is 115 Å². The number of aromatic amines is 1. The number of aromatic carboxylic acids is 1. The molecule has 2 rings (SSSR count). The molecule has 0 radical (unpaired) electrons. The summed E-state index contributed by atoms with van der Waals surface area (Å²) < 4.78 is 0.743. The fraction of sp³-hybridized carbons (Fsp3) is 0.0833. The van der Waals surface area contributed by atoms with E-state index in [1.807, 2.05) is 6.92 Å². The van der Waals surface area contributed by atoms with Crippen molar-refractivity contribution in [2.45, 2.75) is 6.92 Å². The van der Waals surface area contributed by atoms with Crippen LogP contribution in [0.1, 0.15) is 16.1 Å². The fourth-order valence-electron chi connectivity index (χ4n) is 1.64. The second-order valence-electron chi connectivity index (χ2n) is 3.90. The van der Waals surface area contributed by atoms with Crippen molar-refractivity contribution in [1.82, 2.24) is 9.55 Å². The van der Waals surface area contributed by atoms with E-state index >= 15 is 0 Å². The molecule has 0 aliphatic rings. The van der Waals surface area contributed by atoms with Crippen molar-refractivity contribution in [2.75, 3.05) is 0 Å². The normalized spacial score (nSPS) is 10.4. The molecule has 2 aromatic rings. The zero-order valence-corrected chi connectivity index (χ0v) is 11.4. The summed E-state index contributed by atoms with van der Waals surface area (Å²) in [6, 6.07) is 6.70. The number of rotatable bonds is 2. The van der Waals surface area contributed by atoms with Crippen LogP contribution >= 0.6 is 15.9 Å². The Hall–Kier alpha value is -2.15. The van der Waals surface area contributed by atoms with Gasteiger partial charge in [0.15, 0.2) is 5.69 Å². The summed E-state index contributed by atoms with van der Waals surface area (Å²) in [4.78, 5) is 36.6. The molecule has 1 aromatic carbocycles. The molecule has 1 aromatic heterocycles. The average molecular weight is 325 g/mol. The second-order valence-corrected chi connectivity index (χ2v) is 4.69. The first-order valence-electron chi connectivity index (χ1n) is 5.27. The Morgan fingerprint density at radius 2 is 1.84 bits per heavy atom. The zero-order chi connectivity index (χ0) is 14.2. The number of hydrogen-bond acceptors (Lipinski definition) is 3. The molecule has 1 heterocycles. The van der Waals surface area contributed by atoms with Crippen molar-refractivity contribution < 1.29 is 9.90 Å². The highest BCUT2D eigenvalue weighted by Gasteiger charge is 2.20. The van der Waals surface area contributed by atoms with Crippen molar-refractivity contribution in [3.8, 4) is 5.69 Å². The van der Waals surface area contributed by atoms with Crippen LogP contribution in [-0.2, 0) is 0 Å². The van der Waals surface area contributed by atoms with Gasteiger partial charge in [-0.1, -0.05) is 17.7 Å². The van der Waals surface area contributed by atoms with Crippen LogP contribution in [0.25, 0.3) is 5.69 Å². The van der Waals surface area contributed by atoms with Crippen LogP contribution < -0.4 is 11.2 Å². The van der Waals surface area contributed by atoms with E-state index in [2.05, 4.69) is 20.9 Å². The highest BCUT2D eigenvalue weighted by atomic mass is 79.9. The van der Waals surface area contributed by atoms with Gasteiger partial charge in [0.25, 0.3) is 5.56 Å². The lowest BCUT2D eigenvalue weighted by Gasteiger charge is -2.10. The molecule has 0 atom stereocenters. The Morgan fingerprint density at radius 1 is 1.26 bits per heavy atom. The van der Waals surface area contributed by atoms with Crippen LogP contribution in [0.3, 0.4) is 0 Å². The Balaban J connectivity index is 2.87. The summed E-state index contributed by atoms with van der Waals surface area (Å²) in [6.07, 6.45) is 0. The highest BCUT2D eigenvalue weighted by molar-refractivity contribution is 9.10. The van der Waals surface area contributed by atoms with Gasteiger partial charge in [-0.25, -0.2) is 9.59 Å². The lowest BCUT2D eigenvalue weighted by atomic mass is 10.2. The number of carbonyl (C=O) groups is 1. The van der Waals surface area contributed by atoms with Crippen LogP contribution in [-0.4, -0.2) is 20.6 Å². The first-order chi connectivity index (χ1) is 8.91. The standard InChI is InChI=1S/C12H9BrN2O4/c1-6-2-4-7(5-3-6)15-9(11(17)18)8(13)10(16)14-12(15)19/h2-5H,1H3,(H,17,18)(H,14,16,19). The van der Waals surface area contributed by atoms with Crippen molar-refractivity contribution >= 4 is 21.9 Å². The highest BCUT2D eigenvalue weighted by Crippen LogP contribution is 2.15. The predicted octanol–water partition coefficient (Wildman–Crippen LogP) is 1.29. The first kappa shape index (κ1) is 13.3. The van der Waals surface area contributed by atoms with Crippen molar-refractivity contribution in [3.05, 3.63) is 60.8 Å². The van der Waals surface area contributed by atoms with E-state index in [0.717, 1.165) is 10.1 Å². The van der Waals surface area contributed by atoms with E-state index in [-0.39, 0.29) is 4.47 Å². The van der Waals surface area contributed by atoms with Gasteiger partial charge in [-0.2, -0.15) is 0 Å². The summed E-state index contributed by atoms with van der Waals surface area (Å²) in [5, 5.41) is 9.17. The lowest BCUT2D eigenvalue weighted by molar-refractivity contribution is 0.0685. The molecule has 0 unspecified atom stereocenters. The largest absolute Gasteiger partial charge is 0.477 e. The maximum absolute atomic E-state index is 11.8. The van der Waals surface area contributed by atoms with Crippen LogP contribution in [0, 0.1) is 6.92 Å². The number of carboxylic acid groups (broad SMARTS) is 1. The SMILES string of the molecule is Cc1ccc(-n2c(C(=O)O)c(Br)c(=O)[nH]c2=O)cc1. The smallest absolute Gasteiger partial charge is 0.354 e. The third-order valence-electron chi connectivity index (χ3n) is 2.55. The average Bonchev–Trinajstić information content (AvgIpc) is 2.34. The monoisotopic (exact) mass is 324 g/mol. The molecule has 0 amide bonds. The quantitative estimate of drug-likeness (QED) is 0.870. The molecule has 0 saturated heterocycles. The zero-order valence-electron chi connectivity index (χ0n) is 9.81. The fourth-order valence-corrected chi connectivity index (χ4v) is 2.09. The molecular formula is C12H9BrN2O4. The summed E-state index contributed by atoms with van der Waals surface area (Å²) in [6.45, 7) is 1.87. The number of carboxylic acids is 1. The van der Waals surface area contributed by atoms with Crippen molar-refractivity contribution in [3.63, 3.8) is 0 Å². The van der Waals surface area contributed by atoms with Crippen LogP contribution in [0.5, 0.6) is 0 Å². The van der Waals surface area contributed by atoms with Gasteiger partial charge in [0.05, 0.1) is 5.69 Å². The third-order valence-corrected chi connectivity index (χ3v) is 3.28. The number of hydrogen-bond donors (Lipinski definition) is 2. The van der Waals surface area contributed by atoms with Crippen molar-refractivity contribution in [1.29, 1.82) is 0 Å². The molecule has 19 heavy (non-hydrogen) atoms. The van der Waals surface area contributed by atoms with Crippen LogP contribution in [0.4, 0.5) is 0 Å². The van der Waals surface area contributed by atoms with Gasteiger partial charge >= 0.3 is 11.7 Å². The summed E-state index contributed by atoms with van der Waals surface area (Å²) in [7, 11) is 0. The molecule has 98 valence electrons. The molecule has 0 bridgehead atoms. The Kier molecular flexibility index (Phi) is 3.39. The van der Waals surface area contributed by atoms with E-state index in [9.17, 15) is 14.4 Å². The number of halogens is 1. The van der Waals surface area contributed by atoms with Gasteiger partial charge in [-0.15, -0.1) is 0 Å². The van der Waals surface area contributed by atoms with E-state index < -0.39 is 22.9 Å². The number of H-pyrrole nitrogens is 1. The molecule has 0 spiro atoms. The van der Waals surface area contributed by atoms with Gasteiger partial charge in [-0.05, 0) is 35.0 Å². The van der Waals surface area contributed by atoms with Gasteiger partial charge in [-0.3, -0.25) is 14.3 Å². The number of nitrogens with one attached hydrogen (secondary N) is 1. The van der Waals surface area contributed by atoms with Gasteiger partial charge in [0.1, 0.15) is 4.47 Å². The molecule has 0 fully saturated rings. The molecular weight excluding hydrogens is 316 g/mol. The molecule has 0 saturated carbocycles. The number of benzene rings is 1. The Bertz CT molecular complexity index is 759.